The van der Waals surface area contributed by atoms with Crippen molar-refractivity contribution in [2.45, 2.75) is 5.03 Å². The van der Waals surface area contributed by atoms with Crippen LogP contribution in [-0.4, -0.2) is 27.3 Å². The zero-order valence-corrected chi connectivity index (χ0v) is 10.0. The van der Waals surface area contributed by atoms with E-state index in [1.807, 2.05) is 12.3 Å². The normalized spacial score (nSPS) is 11.3. The summed E-state index contributed by atoms with van der Waals surface area (Å²) in [5.41, 5.74) is 0.856. The molecular weight excluding hydrogens is 244 g/mol. The molecule has 0 saturated heterocycles. The van der Waals surface area contributed by atoms with Gasteiger partial charge in [0.2, 0.25) is 0 Å². The maximum absolute atomic E-state index is 10.4. The van der Waals surface area contributed by atoms with Crippen molar-refractivity contribution >= 4 is 45.4 Å². The van der Waals surface area contributed by atoms with Crippen molar-refractivity contribution in [3.8, 4) is 0 Å². The second kappa shape index (κ2) is 4.63. The van der Waals surface area contributed by atoms with E-state index in [-0.39, 0.29) is 0 Å². The van der Waals surface area contributed by atoms with E-state index >= 15 is 0 Å². The molecule has 16 heavy (non-hydrogen) atoms. The van der Waals surface area contributed by atoms with Crippen molar-refractivity contribution in [2.75, 3.05) is 6.26 Å². The van der Waals surface area contributed by atoms with Gasteiger partial charge in [0.05, 0.1) is 10.2 Å². The van der Waals surface area contributed by atoms with E-state index in [1.54, 1.807) is 17.8 Å². The Balaban J connectivity index is 2.47. The third kappa shape index (κ3) is 2.23. The van der Waals surface area contributed by atoms with Gasteiger partial charge in [0.1, 0.15) is 11.4 Å². The number of carbonyl (C=O) groups is 1. The van der Waals surface area contributed by atoms with Crippen molar-refractivity contribution in [3.63, 3.8) is 0 Å². The van der Waals surface area contributed by atoms with Gasteiger partial charge in [0.15, 0.2) is 0 Å². The van der Waals surface area contributed by atoms with Crippen LogP contribution in [0.4, 0.5) is 0 Å². The number of carboxylic acids is 1. The third-order valence-electron chi connectivity index (χ3n) is 1.88. The highest BCUT2D eigenvalue weighted by Crippen LogP contribution is 2.31. The fourth-order valence-electron chi connectivity index (χ4n) is 1.23. The maximum atomic E-state index is 10.4. The van der Waals surface area contributed by atoms with Crippen LogP contribution in [0.3, 0.4) is 0 Å². The zero-order valence-electron chi connectivity index (χ0n) is 8.38. The molecule has 2 aromatic rings. The number of carboxylic acid groups (broad SMARTS) is 1. The van der Waals surface area contributed by atoms with E-state index in [0.717, 1.165) is 26.2 Å². The fraction of sp³-hybridized carbons (Fsp3) is 0.100. The molecule has 0 radical (unpaired) electrons. The Hall–Kier alpha value is -1.40. The summed E-state index contributed by atoms with van der Waals surface area (Å²) in [7, 11) is 0. The molecule has 0 aromatic carbocycles. The van der Waals surface area contributed by atoms with Crippen molar-refractivity contribution in [1.29, 1.82) is 0 Å². The van der Waals surface area contributed by atoms with Gasteiger partial charge in [-0.25, -0.2) is 14.8 Å². The SMILES string of the molecule is CSc1ncnc2cc(/C=C/C(=O)O)sc12. The van der Waals surface area contributed by atoms with Crippen LogP contribution < -0.4 is 0 Å². The van der Waals surface area contributed by atoms with E-state index in [1.165, 1.54) is 17.7 Å². The summed E-state index contributed by atoms with van der Waals surface area (Å²) in [5, 5.41) is 9.46. The lowest BCUT2D eigenvalue weighted by Crippen LogP contribution is -1.84. The minimum Gasteiger partial charge on any atom is -0.478 e. The monoisotopic (exact) mass is 252 g/mol. The van der Waals surface area contributed by atoms with Crippen LogP contribution in [0.15, 0.2) is 23.5 Å². The molecule has 4 nitrogen and oxygen atoms in total. The average Bonchev–Trinajstić information content (AvgIpc) is 2.68. The van der Waals surface area contributed by atoms with Crippen molar-refractivity contribution < 1.29 is 9.90 Å². The standard InChI is InChI=1S/C10H8N2O2S2/c1-15-10-9-7(11-5-12-10)4-6(16-9)2-3-8(13)14/h2-5H,1H3,(H,13,14)/b3-2+. The van der Waals surface area contributed by atoms with Crippen LogP contribution >= 0.6 is 23.1 Å². The molecule has 82 valence electrons. The first kappa shape index (κ1) is 11.1. The quantitative estimate of drug-likeness (QED) is 0.516. The molecule has 0 spiro atoms. The molecule has 6 heteroatoms. The number of aromatic nitrogens is 2. The summed E-state index contributed by atoms with van der Waals surface area (Å²) in [6, 6.07) is 1.86. The highest BCUT2D eigenvalue weighted by atomic mass is 32.2. The minimum absolute atomic E-state index is 0.856. The summed E-state index contributed by atoms with van der Waals surface area (Å²) >= 11 is 3.05. The number of fused-ring (bicyclic) bond motifs is 1. The van der Waals surface area contributed by atoms with Crippen LogP contribution in [0.1, 0.15) is 4.88 Å². The first-order chi connectivity index (χ1) is 7.70. The molecule has 0 unspecified atom stereocenters. The van der Waals surface area contributed by atoms with Gasteiger partial charge in [0.25, 0.3) is 0 Å². The lowest BCUT2D eigenvalue weighted by atomic mass is 10.4. The predicted octanol–water partition coefficient (Wildman–Crippen LogP) is 2.51. The smallest absolute Gasteiger partial charge is 0.328 e. The largest absolute Gasteiger partial charge is 0.478 e. The number of rotatable bonds is 3. The minimum atomic E-state index is -0.950. The molecule has 0 saturated carbocycles. The topological polar surface area (TPSA) is 63.1 Å². The van der Waals surface area contributed by atoms with E-state index in [4.69, 9.17) is 5.11 Å². The van der Waals surface area contributed by atoms with Gasteiger partial charge in [-0.1, -0.05) is 0 Å². The third-order valence-corrected chi connectivity index (χ3v) is 3.80. The van der Waals surface area contributed by atoms with Gasteiger partial charge in [-0.15, -0.1) is 23.1 Å². The number of hydrogen-bond acceptors (Lipinski definition) is 5. The molecule has 0 bridgehead atoms. The molecule has 1 N–H and O–H groups in total. The van der Waals surface area contributed by atoms with Crippen molar-refractivity contribution in [2.24, 2.45) is 0 Å². The molecule has 0 amide bonds. The highest BCUT2D eigenvalue weighted by Gasteiger charge is 2.06. The van der Waals surface area contributed by atoms with Crippen LogP contribution in [0.2, 0.25) is 0 Å². The van der Waals surface area contributed by atoms with Gasteiger partial charge in [-0.2, -0.15) is 0 Å². The lowest BCUT2D eigenvalue weighted by molar-refractivity contribution is -0.131. The second-order valence-electron chi connectivity index (χ2n) is 2.92. The van der Waals surface area contributed by atoms with E-state index in [2.05, 4.69) is 9.97 Å². The molecule has 0 aliphatic carbocycles. The van der Waals surface area contributed by atoms with Crippen LogP contribution in [0.25, 0.3) is 16.3 Å². The summed E-state index contributed by atoms with van der Waals surface area (Å²) in [5.74, 6) is -0.950. The predicted molar refractivity (Wildman–Crippen MR) is 65.9 cm³/mol. The molecular formula is C10H8N2O2S2. The Bertz CT molecular complexity index is 563. The van der Waals surface area contributed by atoms with Gasteiger partial charge in [0, 0.05) is 11.0 Å². The van der Waals surface area contributed by atoms with E-state index in [9.17, 15) is 4.79 Å². The number of thioether (sulfide) groups is 1. The Morgan fingerprint density at radius 3 is 3.06 bits per heavy atom. The Morgan fingerprint density at radius 2 is 2.38 bits per heavy atom. The number of aliphatic carboxylic acids is 1. The molecule has 0 aliphatic heterocycles. The average molecular weight is 252 g/mol. The van der Waals surface area contributed by atoms with Gasteiger partial charge in [-0.05, 0) is 18.4 Å². The maximum Gasteiger partial charge on any atom is 0.328 e. The number of thiophene rings is 1. The molecule has 2 rings (SSSR count). The zero-order chi connectivity index (χ0) is 11.5. The first-order valence-electron chi connectivity index (χ1n) is 4.40. The van der Waals surface area contributed by atoms with Gasteiger partial charge in [-0.3, -0.25) is 0 Å². The summed E-state index contributed by atoms with van der Waals surface area (Å²) in [6.07, 6.45) is 6.16. The molecule has 2 heterocycles. The second-order valence-corrected chi connectivity index (χ2v) is 4.80. The van der Waals surface area contributed by atoms with Crippen molar-refractivity contribution in [1.82, 2.24) is 9.97 Å². The van der Waals surface area contributed by atoms with Gasteiger partial charge >= 0.3 is 5.97 Å². The molecule has 0 fully saturated rings. The summed E-state index contributed by atoms with van der Waals surface area (Å²) in [4.78, 5) is 19.6. The molecule has 2 aromatic heterocycles. The molecule has 0 aliphatic rings. The first-order valence-corrected chi connectivity index (χ1v) is 6.44. The Labute approximate surface area is 100 Å². The molecule has 0 atom stereocenters. The van der Waals surface area contributed by atoms with Crippen LogP contribution in [-0.2, 0) is 4.79 Å². The van der Waals surface area contributed by atoms with Gasteiger partial charge < -0.3 is 5.11 Å². The number of nitrogens with zero attached hydrogens (tertiary/aromatic N) is 2. The van der Waals surface area contributed by atoms with E-state index in [0.29, 0.717) is 0 Å². The van der Waals surface area contributed by atoms with E-state index < -0.39 is 5.97 Å². The van der Waals surface area contributed by atoms with Crippen LogP contribution in [0.5, 0.6) is 0 Å². The summed E-state index contributed by atoms with van der Waals surface area (Å²) in [6.45, 7) is 0. The number of hydrogen-bond donors (Lipinski definition) is 1. The Kier molecular flexibility index (Phi) is 3.21. The Morgan fingerprint density at radius 1 is 1.56 bits per heavy atom. The summed E-state index contributed by atoms with van der Waals surface area (Å²) < 4.78 is 1.00. The fourth-order valence-corrected chi connectivity index (χ4v) is 2.95. The highest BCUT2D eigenvalue weighted by molar-refractivity contribution is 7.98. The van der Waals surface area contributed by atoms with Crippen molar-refractivity contribution in [3.05, 3.63) is 23.3 Å². The lowest BCUT2D eigenvalue weighted by Gasteiger charge is -1.93. The van der Waals surface area contributed by atoms with Crippen LogP contribution in [0, 0.1) is 0 Å².